The summed E-state index contributed by atoms with van der Waals surface area (Å²) in [5.41, 5.74) is 2.43. The number of carboxylic acid groups (broad SMARTS) is 2. The van der Waals surface area contributed by atoms with E-state index >= 15 is 0 Å². The van der Waals surface area contributed by atoms with E-state index in [4.69, 9.17) is 24.1 Å². The molecule has 4 rings (SSSR count). The maximum Gasteiger partial charge on any atom is 0.341 e. The van der Waals surface area contributed by atoms with Gasteiger partial charge in [0.2, 0.25) is 0 Å². The van der Waals surface area contributed by atoms with Gasteiger partial charge in [-0.1, -0.05) is 48.5 Å². The number of hydrogen-bond acceptors (Lipinski definition) is 7. The molecule has 0 saturated heterocycles. The lowest BCUT2D eigenvalue weighted by Gasteiger charge is -2.20. The second-order valence-corrected chi connectivity index (χ2v) is 8.38. The molecule has 0 fully saturated rings. The first-order chi connectivity index (χ1) is 18.8. The summed E-state index contributed by atoms with van der Waals surface area (Å²) in [6.07, 6.45) is 0. The molecule has 0 spiro atoms. The number of rotatable bonds is 11. The molecule has 0 aliphatic rings. The lowest BCUT2D eigenvalue weighted by molar-refractivity contribution is -0.139. The normalized spacial score (nSPS) is 10.5. The Hall–Kier alpha value is -5.18. The Morgan fingerprint density at radius 1 is 0.769 bits per heavy atom. The molecule has 0 unspecified atom stereocenters. The van der Waals surface area contributed by atoms with Crippen LogP contribution in [0.4, 0.5) is 0 Å². The van der Waals surface area contributed by atoms with Crippen molar-refractivity contribution in [1.29, 1.82) is 0 Å². The lowest BCUT2D eigenvalue weighted by atomic mass is 9.92. The lowest BCUT2D eigenvalue weighted by Crippen LogP contribution is -2.09. The first-order valence-electron chi connectivity index (χ1n) is 11.8. The van der Waals surface area contributed by atoms with Crippen molar-refractivity contribution < 1.29 is 43.9 Å². The molecule has 3 N–H and O–H groups in total. The van der Waals surface area contributed by atoms with E-state index in [-0.39, 0.29) is 40.7 Å². The van der Waals surface area contributed by atoms with Crippen LogP contribution in [0.25, 0.3) is 22.3 Å². The highest BCUT2D eigenvalue weighted by molar-refractivity contribution is 6.04. The summed E-state index contributed by atoms with van der Waals surface area (Å²) in [6.45, 7) is -0.239. The number of phenols is 1. The summed E-state index contributed by atoms with van der Waals surface area (Å²) in [5.74, 6) is -1.58. The average molecular weight is 531 g/mol. The van der Waals surface area contributed by atoms with Crippen molar-refractivity contribution in [3.05, 3.63) is 90.0 Å². The highest BCUT2D eigenvalue weighted by atomic mass is 16.5. The quantitative estimate of drug-likeness (QED) is 0.230. The van der Waals surface area contributed by atoms with Gasteiger partial charge in [0.25, 0.3) is 0 Å². The van der Waals surface area contributed by atoms with Gasteiger partial charge in [0.05, 0.1) is 14.2 Å². The van der Waals surface area contributed by atoms with Gasteiger partial charge in [-0.05, 0) is 47.0 Å². The van der Waals surface area contributed by atoms with Crippen molar-refractivity contribution in [1.82, 2.24) is 0 Å². The zero-order valence-corrected chi connectivity index (χ0v) is 21.2. The van der Waals surface area contributed by atoms with Gasteiger partial charge in [-0.15, -0.1) is 0 Å². The molecule has 0 atom stereocenters. The van der Waals surface area contributed by atoms with Crippen LogP contribution in [0.15, 0.2) is 78.9 Å². The van der Waals surface area contributed by atoms with Gasteiger partial charge in [-0.2, -0.15) is 0 Å². The molecule has 0 bridgehead atoms. The van der Waals surface area contributed by atoms with E-state index in [1.165, 1.54) is 32.4 Å². The average Bonchev–Trinajstić information content (AvgIpc) is 2.95. The third kappa shape index (κ3) is 6.04. The molecule has 0 aromatic heterocycles. The highest BCUT2D eigenvalue weighted by Crippen LogP contribution is 2.46. The maximum absolute atomic E-state index is 12.5. The van der Waals surface area contributed by atoms with Crippen molar-refractivity contribution in [3.8, 4) is 51.0 Å². The van der Waals surface area contributed by atoms with Crippen molar-refractivity contribution in [2.45, 2.75) is 6.61 Å². The minimum absolute atomic E-state index is 0.0712. The molecule has 0 aliphatic heterocycles. The number of aromatic carboxylic acids is 1. The summed E-state index contributed by atoms with van der Waals surface area (Å²) in [7, 11) is 2.78. The minimum Gasteiger partial charge on any atom is -0.504 e. The Labute approximate surface area is 224 Å². The largest absolute Gasteiger partial charge is 0.504 e. The summed E-state index contributed by atoms with van der Waals surface area (Å²) in [6, 6.07) is 22.2. The van der Waals surface area contributed by atoms with Crippen LogP contribution in [0.3, 0.4) is 0 Å². The summed E-state index contributed by atoms with van der Waals surface area (Å²) < 4.78 is 22.1. The molecule has 0 radical (unpaired) electrons. The third-order valence-corrected chi connectivity index (χ3v) is 5.89. The summed E-state index contributed by atoms with van der Waals surface area (Å²) in [5, 5.41) is 29.7. The van der Waals surface area contributed by atoms with Crippen LogP contribution in [-0.4, -0.2) is 48.1 Å². The Kier molecular flexibility index (Phi) is 8.21. The summed E-state index contributed by atoms with van der Waals surface area (Å²) in [4.78, 5) is 23.3. The molecule has 9 heteroatoms. The molecular weight excluding hydrogens is 504 g/mol. The number of aliphatic carboxylic acids is 1. The van der Waals surface area contributed by atoms with Gasteiger partial charge in [-0.3, -0.25) is 0 Å². The molecule has 9 nitrogen and oxygen atoms in total. The SMILES string of the molecule is COc1cc(-c2ccc(OCc3ccccc3)c(O)c2)c(OC)c(C(=O)O)c1-c1ccc(OCC(=O)O)cc1. The molecule has 0 heterocycles. The van der Waals surface area contributed by atoms with E-state index in [0.29, 0.717) is 22.4 Å². The molecular formula is C30H26O9. The van der Waals surface area contributed by atoms with E-state index in [0.717, 1.165) is 5.56 Å². The number of hydrogen-bond donors (Lipinski definition) is 3. The standard InChI is InChI=1S/C30H26O9/c1-36-25-15-22(20-10-13-24(23(31)14-20)39-16-18-6-4-3-5-7-18)29(37-2)28(30(34)35)27(25)19-8-11-21(12-9-19)38-17-26(32)33/h3-15,31H,16-17H2,1-2H3,(H,32,33)(H,34,35). The van der Waals surface area contributed by atoms with Crippen LogP contribution >= 0.6 is 0 Å². The van der Waals surface area contributed by atoms with E-state index in [1.807, 2.05) is 30.3 Å². The fourth-order valence-corrected chi connectivity index (χ4v) is 4.12. The molecule has 0 amide bonds. The molecule has 0 aliphatic carbocycles. The molecule has 4 aromatic carbocycles. The number of benzene rings is 4. The minimum atomic E-state index is -1.25. The van der Waals surface area contributed by atoms with Gasteiger partial charge in [0.1, 0.15) is 29.4 Å². The number of phenolic OH excluding ortho intramolecular Hbond substituents is 1. The van der Waals surface area contributed by atoms with Gasteiger partial charge in [0.15, 0.2) is 18.1 Å². The summed E-state index contributed by atoms with van der Waals surface area (Å²) >= 11 is 0. The number of ether oxygens (including phenoxy) is 4. The van der Waals surface area contributed by atoms with Gasteiger partial charge in [-0.25, -0.2) is 9.59 Å². The fourth-order valence-electron chi connectivity index (χ4n) is 4.12. The fraction of sp³-hybridized carbons (Fsp3) is 0.133. The van der Waals surface area contributed by atoms with Crippen LogP contribution in [0.2, 0.25) is 0 Å². The predicted octanol–water partition coefficient (Wildman–Crippen LogP) is 5.48. The Morgan fingerprint density at radius 3 is 2.05 bits per heavy atom. The van der Waals surface area contributed by atoms with Crippen LogP contribution in [-0.2, 0) is 11.4 Å². The van der Waals surface area contributed by atoms with E-state index in [1.54, 1.807) is 30.3 Å². The number of methoxy groups -OCH3 is 2. The van der Waals surface area contributed by atoms with Gasteiger partial charge in [0, 0.05) is 11.1 Å². The third-order valence-electron chi connectivity index (χ3n) is 5.89. The molecule has 39 heavy (non-hydrogen) atoms. The van der Waals surface area contributed by atoms with Crippen molar-refractivity contribution in [2.24, 2.45) is 0 Å². The van der Waals surface area contributed by atoms with Crippen molar-refractivity contribution >= 4 is 11.9 Å². The topological polar surface area (TPSA) is 132 Å². The highest BCUT2D eigenvalue weighted by Gasteiger charge is 2.27. The Bertz CT molecular complexity index is 1480. The first-order valence-corrected chi connectivity index (χ1v) is 11.8. The Morgan fingerprint density at radius 2 is 1.46 bits per heavy atom. The number of carboxylic acids is 2. The zero-order chi connectivity index (χ0) is 27.9. The van der Waals surface area contributed by atoms with E-state index < -0.39 is 18.5 Å². The van der Waals surface area contributed by atoms with Crippen LogP contribution in [0.1, 0.15) is 15.9 Å². The van der Waals surface area contributed by atoms with E-state index in [9.17, 15) is 19.8 Å². The first kappa shape index (κ1) is 26.9. The maximum atomic E-state index is 12.5. The molecule has 200 valence electrons. The number of carbonyl (C=O) groups is 2. The second kappa shape index (κ2) is 11.9. The molecule has 0 saturated carbocycles. The van der Waals surface area contributed by atoms with Gasteiger partial charge < -0.3 is 34.3 Å². The van der Waals surface area contributed by atoms with E-state index in [2.05, 4.69) is 0 Å². The van der Waals surface area contributed by atoms with Crippen LogP contribution < -0.4 is 18.9 Å². The predicted molar refractivity (Wildman–Crippen MR) is 143 cm³/mol. The number of aromatic hydroxyl groups is 1. The Balaban J connectivity index is 1.74. The van der Waals surface area contributed by atoms with Crippen molar-refractivity contribution in [2.75, 3.05) is 20.8 Å². The smallest absolute Gasteiger partial charge is 0.341 e. The monoisotopic (exact) mass is 530 g/mol. The van der Waals surface area contributed by atoms with Crippen LogP contribution in [0, 0.1) is 0 Å². The second-order valence-electron chi connectivity index (χ2n) is 8.38. The van der Waals surface area contributed by atoms with Crippen molar-refractivity contribution in [3.63, 3.8) is 0 Å². The molecule has 4 aromatic rings. The van der Waals surface area contributed by atoms with Gasteiger partial charge >= 0.3 is 11.9 Å². The van der Waals surface area contributed by atoms with Crippen LogP contribution in [0.5, 0.6) is 28.7 Å². The zero-order valence-electron chi connectivity index (χ0n) is 21.2.